The van der Waals surface area contributed by atoms with Crippen LogP contribution in [-0.4, -0.2) is 36.0 Å². The minimum absolute atomic E-state index is 0.552. The maximum absolute atomic E-state index is 4.81. The van der Waals surface area contributed by atoms with E-state index in [0.29, 0.717) is 23.8 Å². The monoisotopic (exact) mass is 462 g/mol. The fourth-order valence-electron chi connectivity index (χ4n) is 5.47. The van der Waals surface area contributed by atoms with Crippen molar-refractivity contribution in [2.75, 3.05) is 10.6 Å². The summed E-state index contributed by atoms with van der Waals surface area (Å²) in [5, 5.41) is 16.9. The molecule has 35 heavy (non-hydrogen) atoms. The Balaban J connectivity index is 1.12. The second kappa shape index (κ2) is 8.01. The largest absolute Gasteiger partial charge is 0.382 e. The Bertz CT molecular complexity index is 1540. The minimum Gasteiger partial charge on any atom is -0.382 e. The zero-order valence-electron chi connectivity index (χ0n) is 19.4. The maximum Gasteiger partial charge on any atom is 0.180 e. The highest BCUT2D eigenvalue weighted by atomic mass is 15.4. The first-order valence-electron chi connectivity index (χ1n) is 12.3. The zero-order valence-corrected chi connectivity index (χ0v) is 19.4. The smallest absolute Gasteiger partial charge is 0.180 e. The number of pyridine rings is 3. The molecule has 5 aromatic rings. The molecule has 2 saturated carbocycles. The molecule has 2 N–H and O–H groups in total. The molecule has 4 heterocycles. The summed E-state index contributed by atoms with van der Waals surface area (Å²) in [6, 6.07) is 18.8. The molecule has 2 fully saturated rings. The van der Waals surface area contributed by atoms with E-state index >= 15 is 0 Å². The van der Waals surface area contributed by atoms with E-state index in [1.54, 1.807) is 0 Å². The van der Waals surface area contributed by atoms with Crippen LogP contribution in [0.2, 0.25) is 0 Å². The maximum atomic E-state index is 4.81. The quantitative estimate of drug-likeness (QED) is 0.353. The SMILES string of the molecule is c1cnc2ccc(Cn3nnc4ccc(Nc5cc(N[C@@H]6CCCC67CC7)ccn5)nc43)cc2c1. The van der Waals surface area contributed by atoms with Crippen LogP contribution in [0.15, 0.2) is 67.0 Å². The van der Waals surface area contributed by atoms with Crippen LogP contribution in [0, 0.1) is 5.41 Å². The number of hydrogen-bond acceptors (Lipinski definition) is 7. The third kappa shape index (κ3) is 3.84. The first-order valence-corrected chi connectivity index (χ1v) is 12.3. The molecule has 1 spiro atoms. The van der Waals surface area contributed by atoms with Crippen LogP contribution in [0.3, 0.4) is 0 Å². The van der Waals surface area contributed by atoms with Crippen molar-refractivity contribution < 1.29 is 0 Å². The summed E-state index contributed by atoms with van der Waals surface area (Å²) >= 11 is 0. The number of anilines is 3. The van der Waals surface area contributed by atoms with Gasteiger partial charge in [-0.15, -0.1) is 5.10 Å². The van der Waals surface area contributed by atoms with Crippen molar-refractivity contribution in [1.29, 1.82) is 0 Å². The number of rotatable bonds is 6. The zero-order chi connectivity index (χ0) is 23.2. The van der Waals surface area contributed by atoms with E-state index in [-0.39, 0.29) is 0 Å². The summed E-state index contributed by atoms with van der Waals surface area (Å²) in [4.78, 5) is 13.7. The lowest BCUT2D eigenvalue weighted by molar-refractivity contribution is 0.487. The van der Waals surface area contributed by atoms with Crippen molar-refractivity contribution in [3.05, 3.63) is 72.6 Å². The molecule has 7 rings (SSSR count). The highest BCUT2D eigenvalue weighted by molar-refractivity contribution is 5.79. The molecule has 4 aromatic heterocycles. The van der Waals surface area contributed by atoms with E-state index in [9.17, 15) is 0 Å². The van der Waals surface area contributed by atoms with Gasteiger partial charge in [0.05, 0.1) is 12.1 Å². The molecule has 0 saturated heterocycles. The Labute approximate surface area is 202 Å². The molecule has 8 heteroatoms. The summed E-state index contributed by atoms with van der Waals surface area (Å²) in [6.45, 7) is 0.582. The lowest BCUT2D eigenvalue weighted by atomic mass is 10.0. The van der Waals surface area contributed by atoms with Gasteiger partial charge in [0, 0.05) is 35.6 Å². The molecular weight excluding hydrogens is 436 g/mol. The van der Waals surface area contributed by atoms with Crippen molar-refractivity contribution in [2.45, 2.75) is 44.7 Å². The van der Waals surface area contributed by atoms with Crippen LogP contribution < -0.4 is 10.6 Å². The molecule has 0 amide bonds. The molecule has 0 aliphatic heterocycles. The van der Waals surface area contributed by atoms with E-state index in [1.807, 2.05) is 47.4 Å². The predicted molar refractivity (Wildman–Crippen MR) is 137 cm³/mol. The third-order valence-corrected chi connectivity index (χ3v) is 7.52. The van der Waals surface area contributed by atoms with Gasteiger partial charge in [-0.2, -0.15) is 0 Å². The molecule has 2 aliphatic carbocycles. The number of hydrogen-bond donors (Lipinski definition) is 2. The highest BCUT2D eigenvalue weighted by Crippen LogP contribution is 2.58. The van der Waals surface area contributed by atoms with Crippen LogP contribution in [0.4, 0.5) is 17.3 Å². The number of nitrogens with one attached hydrogen (secondary N) is 2. The van der Waals surface area contributed by atoms with Crippen molar-refractivity contribution in [3.63, 3.8) is 0 Å². The van der Waals surface area contributed by atoms with E-state index < -0.39 is 0 Å². The first-order chi connectivity index (χ1) is 17.2. The van der Waals surface area contributed by atoms with Crippen molar-refractivity contribution in [3.8, 4) is 0 Å². The molecule has 174 valence electrons. The Hall–Kier alpha value is -4.07. The van der Waals surface area contributed by atoms with Gasteiger partial charge in [0.2, 0.25) is 0 Å². The van der Waals surface area contributed by atoms with Crippen LogP contribution in [0.25, 0.3) is 22.1 Å². The number of nitrogens with zero attached hydrogens (tertiary/aromatic N) is 6. The van der Waals surface area contributed by atoms with Crippen molar-refractivity contribution >= 4 is 39.4 Å². The van der Waals surface area contributed by atoms with Gasteiger partial charge in [-0.3, -0.25) is 4.98 Å². The summed E-state index contributed by atoms with van der Waals surface area (Å²) in [5.41, 5.74) is 5.26. The highest BCUT2D eigenvalue weighted by Gasteiger charge is 2.51. The second-order valence-corrected chi connectivity index (χ2v) is 9.82. The van der Waals surface area contributed by atoms with Crippen LogP contribution in [0.1, 0.15) is 37.7 Å². The summed E-state index contributed by atoms with van der Waals surface area (Å²) in [7, 11) is 0. The Morgan fingerprint density at radius 3 is 2.80 bits per heavy atom. The van der Waals surface area contributed by atoms with Gasteiger partial charge < -0.3 is 10.6 Å². The van der Waals surface area contributed by atoms with E-state index in [1.165, 1.54) is 32.1 Å². The lowest BCUT2D eigenvalue weighted by Crippen LogP contribution is -2.25. The molecule has 0 radical (unpaired) electrons. The van der Waals surface area contributed by atoms with Crippen LogP contribution in [0.5, 0.6) is 0 Å². The Morgan fingerprint density at radius 1 is 0.914 bits per heavy atom. The summed E-state index contributed by atoms with van der Waals surface area (Å²) in [6.07, 6.45) is 10.3. The van der Waals surface area contributed by atoms with Gasteiger partial charge in [0.25, 0.3) is 0 Å². The Morgan fingerprint density at radius 2 is 1.86 bits per heavy atom. The molecular formula is C27H26N8. The van der Waals surface area contributed by atoms with E-state index in [0.717, 1.165) is 39.1 Å². The van der Waals surface area contributed by atoms with Gasteiger partial charge in [0.1, 0.15) is 17.2 Å². The van der Waals surface area contributed by atoms with Gasteiger partial charge >= 0.3 is 0 Å². The normalized spacial score (nSPS) is 18.3. The predicted octanol–water partition coefficient (Wildman–Crippen LogP) is 5.31. The van der Waals surface area contributed by atoms with E-state index in [2.05, 4.69) is 55.2 Å². The second-order valence-electron chi connectivity index (χ2n) is 9.82. The molecule has 0 unspecified atom stereocenters. The van der Waals surface area contributed by atoms with Gasteiger partial charge in [-0.1, -0.05) is 23.8 Å². The Kier molecular flexibility index (Phi) is 4.65. The number of benzene rings is 1. The van der Waals surface area contributed by atoms with Crippen molar-refractivity contribution in [2.24, 2.45) is 5.41 Å². The fraction of sp³-hybridized carbons (Fsp3) is 0.296. The fourth-order valence-corrected chi connectivity index (χ4v) is 5.47. The standard InChI is InChI=1S/C27H26N8/c1-4-23(27(10-1)11-12-27)30-20-9-14-29-25(16-20)31-24-8-7-22-26(32-24)35(34-33-22)17-18-5-6-21-19(15-18)3-2-13-28-21/h2-3,5-9,13-16,23H,1,4,10-12,17H2,(H2,29,30,31,32)/t23-/m1/s1. The minimum atomic E-state index is 0.552. The van der Waals surface area contributed by atoms with Crippen LogP contribution in [-0.2, 0) is 6.54 Å². The van der Waals surface area contributed by atoms with Crippen LogP contribution >= 0.6 is 0 Å². The number of fused-ring (bicyclic) bond motifs is 2. The topological polar surface area (TPSA) is 93.4 Å². The molecule has 1 aromatic carbocycles. The third-order valence-electron chi connectivity index (χ3n) is 7.52. The van der Waals surface area contributed by atoms with Gasteiger partial charge in [-0.05, 0) is 73.1 Å². The first kappa shape index (κ1) is 20.3. The summed E-state index contributed by atoms with van der Waals surface area (Å²) in [5.74, 6) is 1.48. The molecule has 0 bridgehead atoms. The molecule has 2 aliphatic rings. The summed E-state index contributed by atoms with van der Waals surface area (Å²) < 4.78 is 1.83. The molecule has 8 nitrogen and oxygen atoms in total. The lowest BCUT2D eigenvalue weighted by Gasteiger charge is -2.21. The van der Waals surface area contributed by atoms with Crippen molar-refractivity contribution in [1.82, 2.24) is 29.9 Å². The van der Waals surface area contributed by atoms with Gasteiger partial charge in [-0.25, -0.2) is 14.6 Å². The van der Waals surface area contributed by atoms with Gasteiger partial charge in [0.15, 0.2) is 5.65 Å². The average molecular weight is 463 g/mol. The molecule has 1 atom stereocenters. The van der Waals surface area contributed by atoms with E-state index in [4.69, 9.17) is 4.98 Å². The number of aromatic nitrogens is 6. The average Bonchev–Trinajstić information content (AvgIpc) is 3.42.